The highest BCUT2D eigenvalue weighted by molar-refractivity contribution is 6.13. The second kappa shape index (κ2) is 7.81. The van der Waals surface area contributed by atoms with Gasteiger partial charge in [-0.3, -0.25) is 15.5 Å². The Morgan fingerprint density at radius 2 is 1.70 bits per heavy atom. The summed E-state index contributed by atoms with van der Waals surface area (Å²) in [7, 11) is 0. The molecule has 0 unspecified atom stereocenters. The molecule has 0 saturated carbocycles. The fourth-order valence-electron chi connectivity index (χ4n) is 2.26. The molecule has 0 saturated heterocycles. The monoisotopic (exact) mass is 377 g/mol. The molecule has 0 spiro atoms. The highest BCUT2D eigenvalue weighted by atomic mass is 19.4. The molecule has 0 fully saturated rings. The molecule has 1 amide bonds. The van der Waals surface area contributed by atoms with Gasteiger partial charge in [-0.15, -0.1) is 0 Å². The molecular weight excluding hydrogens is 363 g/mol. The molecule has 0 aromatic heterocycles. The molecular formula is C18H14F3N3O3. The third kappa shape index (κ3) is 5.00. The lowest BCUT2D eigenvalue weighted by Crippen LogP contribution is -2.29. The summed E-state index contributed by atoms with van der Waals surface area (Å²) in [5, 5.41) is 18.9. The summed E-state index contributed by atoms with van der Waals surface area (Å²) in [5.74, 6) is -2.75. The minimum Gasteiger partial charge on any atom is -0.478 e. The average Bonchev–Trinajstić information content (AvgIpc) is 2.60. The predicted octanol–water partition coefficient (Wildman–Crippen LogP) is 3.58. The SMILES string of the molecule is CC(=NC(=N)NC(=O)c1cccc(C(F)(F)F)c1)c1ccccc1C(=O)O. The zero-order valence-electron chi connectivity index (χ0n) is 14.0. The topological polar surface area (TPSA) is 103 Å². The molecule has 6 nitrogen and oxygen atoms in total. The number of nitrogens with one attached hydrogen (secondary N) is 2. The van der Waals surface area contributed by atoms with Crippen molar-refractivity contribution in [2.24, 2.45) is 4.99 Å². The van der Waals surface area contributed by atoms with Crippen LogP contribution in [-0.4, -0.2) is 28.7 Å². The number of carboxylic acids is 1. The number of guanidine groups is 1. The second-order valence-electron chi connectivity index (χ2n) is 5.43. The van der Waals surface area contributed by atoms with E-state index >= 15 is 0 Å². The molecule has 27 heavy (non-hydrogen) atoms. The van der Waals surface area contributed by atoms with E-state index in [1.807, 2.05) is 0 Å². The lowest BCUT2D eigenvalue weighted by atomic mass is 10.0. The van der Waals surface area contributed by atoms with Crippen molar-refractivity contribution in [1.82, 2.24) is 5.32 Å². The number of aliphatic imine (C=N–C) groups is 1. The average molecular weight is 377 g/mol. The van der Waals surface area contributed by atoms with Crippen molar-refractivity contribution in [3.8, 4) is 0 Å². The first kappa shape index (κ1) is 19.8. The maximum absolute atomic E-state index is 12.7. The molecule has 0 bridgehead atoms. The number of carboxylic acid groups (broad SMARTS) is 1. The van der Waals surface area contributed by atoms with Crippen molar-refractivity contribution in [3.63, 3.8) is 0 Å². The van der Waals surface area contributed by atoms with Crippen molar-refractivity contribution in [3.05, 3.63) is 70.8 Å². The van der Waals surface area contributed by atoms with Gasteiger partial charge in [0.15, 0.2) is 0 Å². The Morgan fingerprint density at radius 1 is 1.07 bits per heavy atom. The zero-order chi connectivity index (χ0) is 20.2. The summed E-state index contributed by atoms with van der Waals surface area (Å²) >= 11 is 0. The first-order valence-corrected chi connectivity index (χ1v) is 7.54. The lowest BCUT2D eigenvalue weighted by molar-refractivity contribution is -0.137. The largest absolute Gasteiger partial charge is 0.478 e. The van der Waals surface area contributed by atoms with Gasteiger partial charge in [-0.25, -0.2) is 9.79 Å². The molecule has 0 radical (unpaired) electrons. The van der Waals surface area contributed by atoms with Crippen LogP contribution >= 0.6 is 0 Å². The van der Waals surface area contributed by atoms with Crippen LogP contribution in [0.5, 0.6) is 0 Å². The summed E-state index contributed by atoms with van der Waals surface area (Å²) in [5.41, 5.74) is -0.897. The number of rotatable bonds is 3. The fourth-order valence-corrected chi connectivity index (χ4v) is 2.26. The minimum atomic E-state index is -4.60. The van der Waals surface area contributed by atoms with Crippen molar-refractivity contribution in [1.29, 1.82) is 5.41 Å². The molecule has 2 aromatic rings. The van der Waals surface area contributed by atoms with Gasteiger partial charge in [0.1, 0.15) is 0 Å². The van der Waals surface area contributed by atoms with E-state index in [0.29, 0.717) is 6.07 Å². The van der Waals surface area contributed by atoms with Crippen LogP contribution in [-0.2, 0) is 6.18 Å². The summed E-state index contributed by atoms with van der Waals surface area (Å²) in [4.78, 5) is 27.1. The van der Waals surface area contributed by atoms with Gasteiger partial charge < -0.3 is 5.11 Å². The third-order valence-electron chi connectivity index (χ3n) is 3.51. The van der Waals surface area contributed by atoms with Crippen LogP contribution in [0.2, 0.25) is 0 Å². The van der Waals surface area contributed by atoms with E-state index in [2.05, 4.69) is 10.3 Å². The normalized spacial score (nSPS) is 11.8. The van der Waals surface area contributed by atoms with Crippen molar-refractivity contribution < 1.29 is 27.9 Å². The number of carbonyl (C=O) groups is 2. The van der Waals surface area contributed by atoms with Crippen LogP contribution in [0.25, 0.3) is 0 Å². The zero-order valence-corrected chi connectivity index (χ0v) is 14.0. The van der Waals surface area contributed by atoms with E-state index in [1.165, 1.54) is 31.2 Å². The number of amides is 1. The van der Waals surface area contributed by atoms with Gasteiger partial charge in [0, 0.05) is 16.8 Å². The van der Waals surface area contributed by atoms with Crippen LogP contribution in [0.3, 0.4) is 0 Å². The highest BCUT2D eigenvalue weighted by Crippen LogP contribution is 2.29. The van der Waals surface area contributed by atoms with E-state index in [1.54, 1.807) is 6.07 Å². The first-order valence-electron chi connectivity index (χ1n) is 7.54. The van der Waals surface area contributed by atoms with Crippen LogP contribution < -0.4 is 5.32 Å². The number of halogens is 3. The molecule has 0 aliphatic rings. The highest BCUT2D eigenvalue weighted by Gasteiger charge is 2.30. The molecule has 0 atom stereocenters. The van der Waals surface area contributed by atoms with Crippen molar-refractivity contribution >= 4 is 23.5 Å². The van der Waals surface area contributed by atoms with Crippen molar-refractivity contribution in [2.75, 3.05) is 0 Å². The maximum Gasteiger partial charge on any atom is 0.416 e. The van der Waals surface area contributed by atoms with Gasteiger partial charge in [0.2, 0.25) is 5.96 Å². The molecule has 9 heteroatoms. The summed E-state index contributed by atoms with van der Waals surface area (Å²) < 4.78 is 38.1. The number of alkyl halides is 3. The number of hydrogen-bond donors (Lipinski definition) is 3. The molecule has 0 aliphatic carbocycles. The lowest BCUT2D eigenvalue weighted by Gasteiger charge is -2.09. The van der Waals surface area contributed by atoms with Gasteiger partial charge in [0.05, 0.1) is 11.1 Å². The first-order chi connectivity index (χ1) is 12.6. The minimum absolute atomic E-state index is 0.0317. The van der Waals surface area contributed by atoms with Gasteiger partial charge in [-0.2, -0.15) is 13.2 Å². The molecule has 2 aromatic carbocycles. The van der Waals surface area contributed by atoms with Crippen LogP contribution in [0.1, 0.15) is 38.8 Å². The Morgan fingerprint density at radius 3 is 2.30 bits per heavy atom. The molecule has 140 valence electrons. The predicted molar refractivity (Wildman–Crippen MR) is 92.2 cm³/mol. The molecule has 3 N–H and O–H groups in total. The second-order valence-corrected chi connectivity index (χ2v) is 5.43. The third-order valence-corrected chi connectivity index (χ3v) is 3.51. The fraction of sp³-hybridized carbons (Fsp3) is 0.111. The molecule has 0 heterocycles. The van der Waals surface area contributed by atoms with Gasteiger partial charge in [0.25, 0.3) is 5.91 Å². The quantitative estimate of drug-likeness (QED) is 0.563. The van der Waals surface area contributed by atoms with Gasteiger partial charge >= 0.3 is 12.1 Å². The van der Waals surface area contributed by atoms with E-state index in [9.17, 15) is 22.8 Å². The Hall–Kier alpha value is -3.49. The number of hydrogen-bond acceptors (Lipinski definition) is 3. The summed E-state index contributed by atoms with van der Waals surface area (Å²) in [6.07, 6.45) is -4.60. The standard InChI is InChI=1S/C18H14F3N3O3/c1-10(13-7-2-3-8-14(13)16(26)27)23-17(22)24-15(25)11-5-4-6-12(9-11)18(19,20)21/h2-9H,1H3,(H,26,27)(H2,22,24,25). The Bertz CT molecular complexity index is 937. The number of aromatic carboxylic acids is 1. The van der Waals surface area contributed by atoms with E-state index < -0.39 is 29.6 Å². The van der Waals surface area contributed by atoms with Crippen molar-refractivity contribution in [2.45, 2.75) is 13.1 Å². The molecule has 2 rings (SSSR count). The Balaban J connectivity index is 2.19. The van der Waals surface area contributed by atoms with E-state index in [0.717, 1.165) is 12.1 Å². The maximum atomic E-state index is 12.7. The van der Waals surface area contributed by atoms with E-state index in [4.69, 9.17) is 10.5 Å². The Labute approximate surface area is 151 Å². The number of carbonyl (C=O) groups excluding carboxylic acids is 1. The molecule has 0 aliphatic heterocycles. The van der Waals surface area contributed by atoms with Crippen LogP contribution in [0.15, 0.2) is 53.5 Å². The van der Waals surface area contributed by atoms with Crippen LogP contribution in [0, 0.1) is 5.41 Å². The Kier molecular flexibility index (Phi) is 5.74. The van der Waals surface area contributed by atoms with Gasteiger partial charge in [-0.1, -0.05) is 24.3 Å². The number of benzene rings is 2. The van der Waals surface area contributed by atoms with Gasteiger partial charge in [-0.05, 0) is 31.2 Å². The summed E-state index contributed by atoms with van der Waals surface area (Å²) in [6.45, 7) is 1.45. The van der Waals surface area contributed by atoms with E-state index in [-0.39, 0.29) is 22.4 Å². The smallest absolute Gasteiger partial charge is 0.416 e. The number of nitrogens with zero attached hydrogens (tertiary/aromatic N) is 1. The summed E-state index contributed by atoms with van der Waals surface area (Å²) in [6, 6.07) is 9.72. The van der Waals surface area contributed by atoms with Crippen LogP contribution in [0.4, 0.5) is 13.2 Å².